The van der Waals surface area contributed by atoms with Crippen LogP contribution in [-0.2, 0) is 6.54 Å². The van der Waals surface area contributed by atoms with Crippen molar-refractivity contribution in [3.8, 4) is 5.75 Å². The minimum atomic E-state index is -0.368. The van der Waals surface area contributed by atoms with E-state index in [4.69, 9.17) is 13.6 Å². The second-order valence-electron chi connectivity index (χ2n) is 7.81. The van der Waals surface area contributed by atoms with Gasteiger partial charge in [-0.1, -0.05) is 0 Å². The van der Waals surface area contributed by atoms with Crippen molar-refractivity contribution < 1.29 is 18.4 Å². The lowest BCUT2D eigenvalue weighted by molar-refractivity contribution is 0.0879. The third kappa shape index (κ3) is 4.26. The molecule has 158 valence electrons. The van der Waals surface area contributed by atoms with Crippen LogP contribution < -0.4 is 15.5 Å². The van der Waals surface area contributed by atoms with Crippen LogP contribution in [0.2, 0.25) is 0 Å². The number of fused-ring (bicyclic) bond motifs is 1. The predicted octanol–water partition coefficient (Wildman–Crippen LogP) is 3.41. The zero-order valence-corrected chi connectivity index (χ0v) is 17.5. The number of nitrogens with one attached hydrogen (secondary N) is 1. The Hall–Kier alpha value is -3.06. The van der Waals surface area contributed by atoms with Crippen LogP contribution in [0.25, 0.3) is 11.0 Å². The summed E-state index contributed by atoms with van der Waals surface area (Å²) in [6.45, 7) is 6.52. The maximum absolute atomic E-state index is 12.7. The molecule has 0 atom stereocenters. The molecule has 0 spiro atoms. The minimum Gasteiger partial charge on any atom is -0.497 e. The molecule has 3 aromatic rings. The molecule has 1 aliphatic rings. The molecule has 0 radical (unpaired) electrons. The number of ether oxygens (including phenoxy) is 1. The lowest BCUT2D eigenvalue weighted by Crippen LogP contribution is -2.44. The number of carbonyl (C=O) groups is 1. The summed E-state index contributed by atoms with van der Waals surface area (Å²) >= 11 is 0. The van der Waals surface area contributed by atoms with Crippen LogP contribution in [0.1, 0.15) is 40.5 Å². The van der Waals surface area contributed by atoms with Gasteiger partial charge in [-0.2, -0.15) is 0 Å². The van der Waals surface area contributed by atoms with Gasteiger partial charge in [-0.3, -0.25) is 14.5 Å². The summed E-state index contributed by atoms with van der Waals surface area (Å²) in [5.41, 5.74) is 1.26. The van der Waals surface area contributed by atoms with Crippen LogP contribution in [-0.4, -0.2) is 37.0 Å². The Morgan fingerprint density at radius 1 is 1.17 bits per heavy atom. The lowest BCUT2D eigenvalue weighted by atomic mass is 10.0. The highest BCUT2D eigenvalue weighted by molar-refractivity contribution is 5.93. The molecule has 3 heterocycles. The Balaban J connectivity index is 1.38. The molecule has 2 aromatic heterocycles. The van der Waals surface area contributed by atoms with Gasteiger partial charge in [0, 0.05) is 31.3 Å². The molecule has 1 aliphatic heterocycles. The van der Waals surface area contributed by atoms with Gasteiger partial charge in [-0.05, 0) is 50.5 Å². The molecular formula is C23H26N2O5. The van der Waals surface area contributed by atoms with E-state index >= 15 is 0 Å². The lowest BCUT2D eigenvalue weighted by Gasteiger charge is -2.31. The fourth-order valence-electron chi connectivity index (χ4n) is 3.81. The first-order valence-corrected chi connectivity index (χ1v) is 10.1. The van der Waals surface area contributed by atoms with Crippen LogP contribution in [0, 0.1) is 13.8 Å². The first kappa shape index (κ1) is 20.2. The topological polar surface area (TPSA) is 84.9 Å². The van der Waals surface area contributed by atoms with E-state index in [0.717, 1.165) is 44.0 Å². The quantitative estimate of drug-likeness (QED) is 0.694. The van der Waals surface area contributed by atoms with Crippen LogP contribution in [0.15, 0.2) is 44.0 Å². The number of carbonyl (C=O) groups excluding carboxylic acids is 1. The summed E-state index contributed by atoms with van der Waals surface area (Å²) in [6, 6.07) is 8.32. The highest BCUT2D eigenvalue weighted by Crippen LogP contribution is 2.21. The second-order valence-corrected chi connectivity index (χ2v) is 7.81. The first-order chi connectivity index (χ1) is 14.4. The van der Waals surface area contributed by atoms with Crippen molar-refractivity contribution in [2.75, 3.05) is 20.2 Å². The number of furan rings is 1. The Kier molecular flexibility index (Phi) is 5.63. The zero-order chi connectivity index (χ0) is 21.3. The minimum absolute atomic E-state index is 0.0183. The smallest absolute Gasteiger partial charge is 0.287 e. The maximum Gasteiger partial charge on any atom is 0.287 e. The fraction of sp³-hybridized carbons (Fsp3) is 0.391. The third-order valence-electron chi connectivity index (χ3n) is 5.68. The Morgan fingerprint density at radius 2 is 1.93 bits per heavy atom. The van der Waals surface area contributed by atoms with E-state index in [0.29, 0.717) is 16.7 Å². The first-order valence-electron chi connectivity index (χ1n) is 10.1. The summed E-state index contributed by atoms with van der Waals surface area (Å²) in [4.78, 5) is 27.3. The number of likely N-dealkylation sites (tertiary alicyclic amines) is 1. The molecule has 1 aromatic carbocycles. The predicted molar refractivity (Wildman–Crippen MR) is 113 cm³/mol. The number of hydrogen-bond acceptors (Lipinski definition) is 6. The van der Waals surface area contributed by atoms with Crippen LogP contribution >= 0.6 is 0 Å². The standard InChI is InChI=1S/C23H26N2O5/c1-14-10-18(29-15(14)2)13-25-8-6-16(7-9-25)24-23(27)22-12-20(26)19-5-4-17(28-3)11-21(19)30-22/h4-5,10-12,16H,6-9,13H2,1-3H3,(H,24,27). The van der Waals surface area contributed by atoms with Gasteiger partial charge in [-0.25, -0.2) is 0 Å². The summed E-state index contributed by atoms with van der Waals surface area (Å²) in [5, 5.41) is 3.42. The molecule has 7 nitrogen and oxygen atoms in total. The van der Waals surface area contributed by atoms with Crippen molar-refractivity contribution in [2.45, 2.75) is 39.3 Å². The van der Waals surface area contributed by atoms with Crippen LogP contribution in [0.3, 0.4) is 0 Å². The van der Waals surface area contributed by atoms with E-state index < -0.39 is 0 Å². The number of benzene rings is 1. The van der Waals surface area contributed by atoms with Crippen LogP contribution in [0.4, 0.5) is 0 Å². The van der Waals surface area contributed by atoms with Crippen molar-refractivity contribution in [2.24, 2.45) is 0 Å². The Morgan fingerprint density at radius 3 is 2.60 bits per heavy atom. The van der Waals surface area contributed by atoms with Crippen LogP contribution in [0.5, 0.6) is 5.75 Å². The van der Waals surface area contributed by atoms with Crippen molar-refractivity contribution in [1.29, 1.82) is 0 Å². The normalized spacial score (nSPS) is 15.4. The number of piperidine rings is 1. The van der Waals surface area contributed by atoms with Crippen molar-refractivity contribution in [3.05, 3.63) is 63.4 Å². The monoisotopic (exact) mass is 410 g/mol. The molecule has 30 heavy (non-hydrogen) atoms. The van der Waals surface area contributed by atoms with E-state index in [1.807, 2.05) is 13.8 Å². The highest BCUT2D eigenvalue weighted by atomic mass is 16.5. The van der Waals surface area contributed by atoms with Gasteiger partial charge >= 0.3 is 0 Å². The number of hydrogen-bond donors (Lipinski definition) is 1. The van der Waals surface area contributed by atoms with Crippen molar-refractivity contribution in [1.82, 2.24) is 10.2 Å². The molecule has 0 saturated carbocycles. The SMILES string of the molecule is COc1ccc2c(=O)cc(C(=O)NC3CCN(Cc4cc(C)c(C)o4)CC3)oc2c1. The Bertz CT molecular complexity index is 1100. The molecule has 1 saturated heterocycles. The summed E-state index contributed by atoms with van der Waals surface area (Å²) in [5.74, 6) is 2.15. The third-order valence-corrected chi connectivity index (χ3v) is 5.68. The Labute approximate surface area is 174 Å². The molecule has 1 fully saturated rings. The number of aryl methyl sites for hydroxylation is 2. The number of rotatable bonds is 5. The molecule has 0 unspecified atom stereocenters. The summed E-state index contributed by atoms with van der Waals surface area (Å²) in [7, 11) is 1.54. The van der Waals surface area contributed by atoms with E-state index in [1.54, 1.807) is 18.2 Å². The van der Waals surface area contributed by atoms with Gasteiger partial charge in [0.2, 0.25) is 0 Å². The van der Waals surface area contributed by atoms with Gasteiger partial charge in [0.25, 0.3) is 5.91 Å². The average Bonchev–Trinajstić information content (AvgIpc) is 3.05. The molecule has 0 aliphatic carbocycles. The van der Waals surface area contributed by atoms with Gasteiger partial charge < -0.3 is 18.9 Å². The van der Waals surface area contributed by atoms with E-state index in [9.17, 15) is 9.59 Å². The molecule has 7 heteroatoms. The van der Waals surface area contributed by atoms with Gasteiger partial charge in [-0.15, -0.1) is 0 Å². The summed E-state index contributed by atoms with van der Waals surface area (Å²) < 4.78 is 16.6. The van der Waals surface area contributed by atoms with Gasteiger partial charge in [0.15, 0.2) is 11.2 Å². The largest absolute Gasteiger partial charge is 0.497 e. The van der Waals surface area contributed by atoms with Crippen molar-refractivity contribution >= 4 is 16.9 Å². The molecule has 0 bridgehead atoms. The second kappa shape index (κ2) is 8.36. The van der Waals surface area contributed by atoms with E-state index in [2.05, 4.69) is 16.3 Å². The molecule has 1 N–H and O–H groups in total. The fourth-order valence-corrected chi connectivity index (χ4v) is 3.81. The molecule has 1 amide bonds. The number of methoxy groups -OCH3 is 1. The van der Waals surface area contributed by atoms with Gasteiger partial charge in [0.05, 0.1) is 19.0 Å². The van der Waals surface area contributed by atoms with E-state index in [-0.39, 0.29) is 23.1 Å². The zero-order valence-electron chi connectivity index (χ0n) is 17.5. The average molecular weight is 410 g/mol. The van der Waals surface area contributed by atoms with Gasteiger partial charge in [0.1, 0.15) is 22.9 Å². The summed E-state index contributed by atoms with van der Waals surface area (Å²) in [6.07, 6.45) is 1.66. The van der Waals surface area contributed by atoms with Crippen molar-refractivity contribution in [3.63, 3.8) is 0 Å². The number of amides is 1. The number of nitrogens with zero attached hydrogens (tertiary/aromatic N) is 1. The highest BCUT2D eigenvalue weighted by Gasteiger charge is 2.23. The maximum atomic E-state index is 12.7. The van der Waals surface area contributed by atoms with E-state index in [1.165, 1.54) is 18.7 Å². The molecular weight excluding hydrogens is 384 g/mol. The molecule has 4 rings (SSSR count).